The van der Waals surface area contributed by atoms with Gasteiger partial charge in [-0.05, 0) is 19.8 Å². The van der Waals surface area contributed by atoms with Crippen molar-refractivity contribution in [2.75, 3.05) is 19.6 Å². The third-order valence-electron chi connectivity index (χ3n) is 2.85. The maximum Gasteiger partial charge on any atom is 0.471 e. The minimum atomic E-state index is -4.81. The van der Waals surface area contributed by atoms with Gasteiger partial charge in [0.15, 0.2) is 0 Å². The van der Waals surface area contributed by atoms with Crippen molar-refractivity contribution in [2.24, 2.45) is 16.1 Å². The molecule has 0 aromatic rings. The number of oxime groups is 1. The highest BCUT2D eigenvalue weighted by Gasteiger charge is 2.43. The largest absolute Gasteiger partial charge is 0.471 e. The van der Waals surface area contributed by atoms with Gasteiger partial charge in [-0.1, -0.05) is 5.16 Å². The Morgan fingerprint density at radius 3 is 2.42 bits per heavy atom. The van der Waals surface area contributed by atoms with Crippen LogP contribution in [0.25, 0.3) is 0 Å². The van der Waals surface area contributed by atoms with E-state index in [1.807, 2.05) is 6.92 Å². The molecule has 5 nitrogen and oxygen atoms in total. The predicted octanol–water partition coefficient (Wildman–Crippen LogP) is 1.84. The fourth-order valence-corrected chi connectivity index (χ4v) is 1.96. The van der Waals surface area contributed by atoms with Gasteiger partial charge in [0, 0.05) is 32.3 Å². The number of rotatable bonds is 3. The number of halogens is 3. The molecule has 19 heavy (non-hydrogen) atoms. The summed E-state index contributed by atoms with van der Waals surface area (Å²) >= 11 is 0. The molecule has 0 aromatic heterocycles. The average molecular weight is 279 g/mol. The second-order valence-corrected chi connectivity index (χ2v) is 4.10. The first-order valence-electron chi connectivity index (χ1n) is 5.93. The summed E-state index contributed by atoms with van der Waals surface area (Å²) in [4.78, 5) is 20.9. The zero-order valence-electron chi connectivity index (χ0n) is 10.6. The zero-order chi connectivity index (χ0) is 14.5. The molecule has 0 bridgehead atoms. The number of nitrogens with zero attached hydrogens (tertiary/aromatic N) is 3. The van der Waals surface area contributed by atoms with Crippen LogP contribution in [0.3, 0.4) is 0 Å². The van der Waals surface area contributed by atoms with Crippen molar-refractivity contribution >= 4 is 18.5 Å². The summed E-state index contributed by atoms with van der Waals surface area (Å²) in [5, 5.41) is 3.28. The molecular formula is C11H16F3N3O2. The van der Waals surface area contributed by atoms with Crippen LogP contribution in [-0.4, -0.2) is 49.2 Å². The van der Waals surface area contributed by atoms with E-state index in [1.165, 1.54) is 0 Å². The lowest BCUT2D eigenvalue weighted by atomic mass is 9.96. The van der Waals surface area contributed by atoms with E-state index in [0.717, 1.165) is 4.90 Å². The molecule has 0 saturated carbocycles. The number of carbonyl (C=O) groups is 1. The van der Waals surface area contributed by atoms with Crippen LogP contribution in [0.4, 0.5) is 13.2 Å². The van der Waals surface area contributed by atoms with Crippen LogP contribution < -0.4 is 0 Å². The Hall–Kier alpha value is -1.60. The molecule has 1 rings (SSSR count). The van der Waals surface area contributed by atoms with Crippen LogP contribution in [0.5, 0.6) is 0 Å². The van der Waals surface area contributed by atoms with E-state index in [1.54, 1.807) is 0 Å². The quantitative estimate of drug-likeness (QED) is 0.449. The summed E-state index contributed by atoms with van der Waals surface area (Å²) in [6.07, 6.45) is -4.07. The fourth-order valence-electron chi connectivity index (χ4n) is 1.96. The number of aliphatic imine (C=N–C) groups is 1. The van der Waals surface area contributed by atoms with Crippen molar-refractivity contribution in [3.05, 3.63) is 0 Å². The van der Waals surface area contributed by atoms with Gasteiger partial charge in [0.05, 0.1) is 0 Å². The van der Waals surface area contributed by atoms with E-state index in [-0.39, 0.29) is 19.0 Å². The smallest absolute Gasteiger partial charge is 0.342 e. The van der Waals surface area contributed by atoms with Gasteiger partial charge in [-0.2, -0.15) is 13.2 Å². The lowest BCUT2D eigenvalue weighted by molar-refractivity contribution is -0.186. The van der Waals surface area contributed by atoms with Crippen molar-refractivity contribution < 1.29 is 22.8 Å². The summed E-state index contributed by atoms with van der Waals surface area (Å²) in [5.74, 6) is -1.54. The Morgan fingerprint density at radius 1 is 1.42 bits per heavy atom. The van der Waals surface area contributed by atoms with Crippen molar-refractivity contribution in [2.45, 2.75) is 25.9 Å². The van der Waals surface area contributed by atoms with Crippen molar-refractivity contribution in [3.8, 4) is 0 Å². The number of hydrogen-bond acceptors (Lipinski definition) is 4. The average Bonchev–Trinajstić information content (AvgIpc) is 2.37. The Bertz CT molecular complexity index is 361. The molecule has 0 unspecified atom stereocenters. The molecule has 0 spiro atoms. The molecule has 0 atom stereocenters. The number of likely N-dealkylation sites (tertiary alicyclic amines) is 1. The summed E-state index contributed by atoms with van der Waals surface area (Å²) in [6, 6.07) is 0. The van der Waals surface area contributed by atoms with Gasteiger partial charge in [0.25, 0.3) is 0 Å². The Labute approximate surface area is 109 Å². The molecule has 1 heterocycles. The first-order chi connectivity index (χ1) is 8.90. The van der Waals surface area contributed by atoms with Crippen LogP contribution in [0.1, 0.15) is 19.8 Å². The van der Waals surface area contributed by atoms with E-state index in [0.29, 0.717) is 25.3 Å². The normalized spacial score (nSPS) is 18.3. The summed E-state index contributed by atoms with van der Waals surface area (Å²) < 4.78 is 36.8. The second-order valence-electron chi connectivity index (χ2n) is 4.10. The van der Waals surface area contributed by atoms with E-state index in [4.69, 9.17) is 4.84 Å². The minimum Gasteiger partial charge on any atom is -0.342 e. The van der Waals surface area contributed by atoms with Crippen LogP contribution in [0.2, 0.25) is 0 Å². The maximum absolute atomic E-state index is 12.3. The van der Waals surface area contributed by atoms with E-state index >= 15 is 0 Å². The van der Waals surface area contributed by atoms with Crippen LogP contribution in [0.15, 0.2) is 10.1 Å². The Morgan fingerprint density at radius 2 is 2.00 bits per heavy atom. The molecule has 1 amide bonds. The highest BCUT2D eigenvalue weighted by Crippen LogP contribution is 2.25. The van der Waals surface area contributed by atoms with Gasteiger partial charge in [-0.3, -0.25) is 9.79 Å². The van der Waals surface area contributed by atoms with Gasteiger partial charge >= 0.3 is 12.1 Å². The predicted molar refractivity (Wildman–Crippen MR) is 64.0 cm³/mol. The molecule has 0 aromatic carbocycles. The van der Waals surface area contributed by atoms with Crippen LogP contribution >= 0.6 is 0 Å². The zero-order valence-corrected chi connectivity index (χ0v) is 10.6. The highest BCUT2D eigenvalue weighted by atomic mass is 19.4. The standard InChI is InChI=1S/C11H16F3N3O2/c1-3-16-9(19-15-2)8-4-6-17(7-5-8)10(18)11(12,13)14/h8H,2-7H2,1H3. The number of amides is 1. The van der Waals surface area contributed by atoms with Gasteiger partial charge in [0.1, 0.15) is 0 Å². The lowest BCUT2D eigenvalue weighted by Gasteiger charge is -2.31. The van der Waals surface area contributed by atoms with Crippen LogP contribution in [-0.2, 0) is 9.63 Å². The number of hydrogen-bond donors (Lipinski definition) is 0. The van der Waals surface area contributed by atoms with E-state index < -0.39 is 12.1 Å². The van der Waals surface area contributed by atoms with Gasteiger partial charge in [-0.25, -0.2) is 0 Å². The SMILES string of the molecule is C=NOC(=NCC)C1CCN(C(=O)C(F)(F)F)CC1. The molecule has 1 aliphatic rings. The molecule has 1 saturated heterocycles. The molecule has 8 heteroatoms. The second kappa shape index (κ2) is 6.53. The third-order valence-corrected chi connectivity index (χ3v) is 2.85. The summed E-state index contributed by atoms with van der Waals surface area (Å²) in [7, 11) is 0. The molecule has 1 fully saturated rings. The minimum absolute atomic E-state index is 0.0340. The van der Waals surface area contributed by atoms with Crippen molar-refractivity contribution in [1.29, 1.82) is 0 Å². The molecule has 108 valence electrons. The monoisotopic (exact) mass is 279 g/mol. The van der Waals surface area contributed by atoms with E-state index in [2.05, 4.69) is 16.9 Å². The van der Waals surface area contributed by atoms with Gasteiger partial charge in [-0.15, -0.1) is 0 Å². The fraction of sp³-hybridized carbons (Fsp3) is 0.727. The molecular weight excluding hydrogens is 263 g/mol. The first kappa shape index (κ1) is 15.5. The topological polar surface area (TPSA) is 54.3 Å². The Kier molecular flexibility index (Phi) is 5.31. The van der Waals surface area contributed by atoms with Gasteiger partial charge in [0.2, 0.25) is 5.90 Å². The van der Waals surface area contributed by atoms with E-state index in [9.17, 15) is 18.0 Å². The lowest BCUT2D eigenvalue weighted by Crippen LogP contribution is -2.46. The number of carbonyl (C=O) groups excluding carboxylic acids is 1. The summed E-state index contributed by atoms with van der Waals surface area (Å²) in [6.45, 7) is 5.56. The number of alkyl halides is 3. The Balaban J connectivity index is 2.59. The maximum atomic E-state index is 12.3. The van der Waals surface area contributed by atoms with Crippen LogP contribution in [0, 0.1) is 5.92 Å². The third kappa shape index (κ3) is 4.22. The van der Waals surface area contributed by atoms with Gasteiger partial charge < -0.3 is 9.74 Å². The molecule has 0 N–H and O–H groups in total. The summed E-state index contributed by atoms with van der Waals surface area (Å²) in [5.41, 5.74) is 0. The van der Waals surface area contributed by atoms with Crippen molar-refractivity contribution in [3.63, 3.8) is 0 Å². The molecule has 0 aliphatic carbocycles. The first-order valence-corrected chi connectivity index (χ1v) is 5.93. The highest BCUT2D eigenvalue weighted by molar-refractivity contribution is 5.83. The number of piperidine rings is 1. The molecule has 1 aliphatic heterocycles. The molecule has 0 radical (unpaired) electrons. The van der Waals surface area contributed by atoms with Crippen molar-refractivity contribution in [1.82, 2.24) is 4.90 Å².